The number of benzene rings is 4. The third kappa shape index (κ3) is 8.97. The Morgan fingerprint density at radius 1 is 0.554 bits per heavy atom. The standard InChI is InChI=1S/C29H41.C15H8Cl6.C5H5.Zr/c1-26(2,3)22-14-18-13-19-15-23(27(4,5)6)25(29(10,11)12)17-21(19)20(18)16-24(22)28(7,8)9;16-14(17,18)12-5-1-3-10(8-12)7-11-4-2-6-13(9-11)15(19,20)21;1-2-4-5-3-1;/h14,16-17H,13H2,1-12H3;1-6,8-9H;1-3H,4H2;. The first-order chi connectivity index (χ1) is 25.6. The molecule has 0 amide bonds. The molecule has 0 spiro atoms. The van der Waals surface area contributed by atoms with Crippen molar-refractivity contribution in [3.8, 4) is 11.1 Å². The van der Waals surface area contributed by atoms with Crippen molar-refractivity contribution >= 4 is 76.1 Å². The molecule has 4 aromatic rings. The van der Waals surface area contributed by atoms with Gasteiger partial charge in [-0.15, -0.1) is 0 Å². The molecule has 0 fully saturated rings. The minimum atomic E-state index is -3.34. The fraction of sp³-hybridized carbons (Fsp3) is 0.408. The van der Waals surface area contributed by atoms with Gasteiger partial charge in [-0.3, -0.25) is 0 Å². The predicted molar refractivity (Wildman–Crippen MR) is 246 cm³/mol. The van der Waals surface area contributed by atoms with Crippen molar-refractivity contribution in [1.29, 1.82) is 0 Å². The van der Waals surface area contributed by atoms with Crippen molar-refractivity contribution in [2.75, 3.05) is 0 Å². The summed E-state index contributed by atoms with van der Waals surface area (Å²) in [5.74, 6) is 0. The Kier molecular flexibility index (Phi) is 12.2. The molecule has 0 N–H and O–H groups in total. The Morgan fingerprint density at radius 2 is 1.04 bits per heavy atom. The molecule has 0 saturated heterocycles. The van der Waals surface area contributed by atoms with E-state index >= 15 is 0 Å². The molecule has 7 heteroatoms. The van der Waals surface area contributed by atoms with Gasteiger partial charge in [0.25, 0.3) is 0 Å². The van der Waals surface area contributed by atoms with Gasteiger partial charge in [0.1, 0.15) is 0 Å². The SMILES string of the molecule is CC(C)(C)c1cc2c(cc1C(C)(C)C)-c1cc(C(C)(C)C)c(C(C)(C)C)[c]([Zr]([C]3=CC=CC3)=[C](c3cccc(C(Cl)(Cl)Cl)c3)c3cccc(C(Cl)(Cl)Cl)c3)c1C2. The van der Waals surface area contributed by atoms with E-state index in [1.54, 1.807) is 0 Å². The molecule has 0 saturated carbocycles. The second-order valence-electron chi connectivity index (χ2n) is 19.7. The normalized spacial score (nSPS) is 14.9. The van der Waals surface area contributed by atoms with E-state index in [1.807, 2.05) is 24.3 Å². The van der Waals surface area contributed by atoms with E-state index in [-0.39, 0.29) is 21.7 Å². The Balaban J connectivity index is 1.89. The molecule has 0 aliphatic heterocycles. The summed E-state index contributed by atoms with van der Waals surface area (Å²) in [7, 11) is 0. The Bertz CT molecular complexity index is 2240. The van der Waals surface area contributed by atoms with E-state index in [9.17, 15) is 0 Å². The van der Waals surface area contributed by atoms with E-state index in [4.69, 9.17) is 69.6 Å². The molecule has 0 radical (unpaired) electrons. The summed E-state index contributed by atoms with van der Waals surface area (Å²) in [6, 6.07) is 23.9. The molecule has 2 aliphatic rings. The van der Waals surface area contributed by atoms with Crippen molar-refractivity contribution in [2.24, 2.45) is 0 Å². The van der Waals surface area contributed by atoms with Crippen LogP contribution in [0.1, 0.15) is 145 Å². The quantitative estimate of drug-likeness (QED) is 0.158. The average Bonchev–Trinajstić information content (AvgIpc) is 3.72. The zero-order valence-corrected chi connectivity index (χ0v) is 41.8. The third-order valence-electron chi connectivity index (χ3n) is 11.1. The zero-order valence-electron chi connectivity index (χ0n) is 34.8. The average molecular weight is 947 g/mol. The van der Waals surface area contributed by atoms with Gasteiger partial charge in [-0.2, -0.15) is 0 Å². The van der Waals surface area contributed by atoms with Crippen LogP contribution in [0, 0.1) is 0 Å². The number of allylic oxidation sites excluding steroid dienone is 4. The van der Waals surface area contributed by atoms with Gasteiger partial charge in [0.15, 0.2) is 0 Å². The molecule has 0 aromatic heterocycles. The van der Waals surface area contributed by atoms with Crippen molar-refractivity contribution in [3.05, 3.63) is 144 Å². The summed E-state index contributed by atoms with van der Waals surface area (Å²) in [5.41, 5.74) is 14.3. The van der Waals surface area contributed by atoms with Crippen LogP contribution in [0.3, 0.4) is 0 Å². The van der Waals surface area contributed by atoms with Crippen LogP contribution in [0.2, 0.25) is 0 Å². The van der Waals surface area contributed by atoms with Crippen LogP contribution < -0.4 is 3.27 Å². The van der Waals surface area contributed by atoms with Crippen molar-refractivity contribution in [2.45, 2.75) is 125 Å². The molecule has 6 rings (SSSR count). The van der Waals surface area contributed by atoms with Gasteiger partial charge in [-0.25, -0.2) is 0 Å². The molecule has 0 bridgehead atoms. The molecular formula is C49H54Cl6Zr. The van der Waals surface area contributed by atoms with Gasteiger partial charge < -0.3 is 0 Å². The minimum absolute atomic E-state index is 0.00834. The first-order valence-corrected chi connectivity index (χ1v) is 25.4. The van der Waals surface area contributed by atoms with Gasteiger partial charge >= 0.3 is 378 Å². The van der Waals surface area contributed by atoms with Crippen LogP contribution in [0.25, 0.3) is 11.1 Å². The monoisotopic (exact) mass is 942 g/mol. The fourth-order valence-electron chi connectivity index (χ4n) is 8.50. The maximum atomic E-state index is 6.63. The van der Waals surface area contributed by atoms with Crippen molar-refractivity contribution in [3.63, 3.8) is 0 Å². The molecule has 0 unspecified atom stereocenters. The summed E-state index contributed by atoms with van der Waals surface area (Å²) < 4.78 is 1.10. The fourth-order valence-corrected chi connectivity index (χ4v) is 18.2. The number of fused-ring (bicyclic) bond motifs is 3. The summed E-state index contributed by atoms with van der Waals surface area (Å²) in [5, 5.41) is 0. The molecule has 56 heavy (non-hydrogen) atoms. The summed E-state index contributed by atoms with van der Waals surface area (Å²) in [4.78, 5) is 0. The second kappa shape index (κ2) is 15.4. The van der Waals surface area contributed by atoms with Gasteiger partial charge in [-0.05, 0) is 0 Å². The van der Waals surface area contributed by atoms with E-state index in [0.29, 0.717) is 11.1 Å². The van der Waals surface area contributed by atoms with Crippen molar-refractivity contribution in [1.82, 2.24) is 0 Å². The molecule has 296 valence electrons. The summed E-state index contributed by atoms with van der Waals surface area (Å²) >= 11 is 36.4. The first-order valence-electron chi connectivity index (χ1n) is 19.4. The number of hydrogen-bond acceptors (Lipinski definition) is 0. The Morgan fingerprint density at radius 3 is 1.46 bits per heavy atom. The van der Waals surface area contributed by atoms with Crippen LogP contribution in [0.15, 0.2) is 88.2 Å². The van der Waals surface area contributed by atoms with Gasteiger partial charge in [0.2, 0.25) is 0 Å². The van der Waals surface area contributed by atoms with Gasteiger partial charge in [-0.1, -0.05) is 0 Å². The molecular weight excluding hydrogens is 892 g/mol. The third-order valence-corrected chi connectivity index (χ3v) is 20.1. The number of alkyl halides is 6. The van der Waals surface area contributed by atoms with Gasteiger partial charge in [0, 0.05) is 0 Å². The first kappa shape index (κ1) is 44.4. The topological polar surface area (TPSA) is 0 Å². The Labute approximate surface area is 374 Å². The Hall–Kier alpha value is -1.15. The predicted octanol–water partition coefficient (Wildman–Crippen LogP) is 15.5. The van der Waals surface area contributed by atoms with Gasteiger partial charge in [0.05, 0.1) is 0 Å². The zero-order chi connectivity index (χ0) is 41.6. The van der Waals surface area contributed by atoms with E-state index in [1.165, 1.54) is 54.3 Å². The van der Waals surface area contributed by atoms with E-state index in [2.05, 4.69) is 144 Å². The maximum absolute atomic E-state index is 6.63. The number of rotatable bonds is 4. The summed E-state index contributed by atoms with van der Waals surface area (Å²) in [6.45, 7) is 28.3. The van der Waals surface area contributed by atoms with Crippen LogP contribution in [-0.4, -0.2) is 3.21 Å². The van der Waals surface area contributed by atoms with Crippen LogP contribution in [-0.2, 0) is 56.9 Å². The van der Waals surface area contributed by atoms with Crippen LogP contribution in [0.5, 0.6) is 0 Å². The molecule has 2 aliphatic carbocycles. The molecule has 0 atom stereocenters. The molecule has 4 aromatic carbocycles. The van der Waals surface area contributed by atoms with E-state index in [0.717, 1.165) is 24.0 Å². The number of halogens is 6. The molecule has 0 nitrogen and oxygen atoms in total. The number of hydrogen-bond donors (Lipinski definition) is 0. The second-order valence-corrected chi connectivity index (χ2v) is 30.1. The van der Waals surface area contributed by atoms with E-state index < -0.39 is 28.9 Å². The van der Waals surface area contributed by atoms with Crippen LogP contribution >= 0.6 is 69.6 Å². The molecule has 0 heterocycles. The summed E-state index contributed by atoms with van der Waals surface area (Å²) in [6.07, 6.45) is 8.68. The van der Waals surface area contributed by atoms with Crippen LogP contribution in [0.4, 0.5) is 0 Å². The van der Waals surface area contributed by atoms with Crippen molar-refractivity contribution < 1.29 is 21.3 Å².